The van der Waals surface area contributed by atoms with Crippen molar-refractivity contribution < 1.29 is 9.53 Å². The number of hydrogen-bond donors (Lipinski definition) is 2. The lowest BCUT2D eigenvalue weighted by Gasteiger charge is -2.14. The molecule has 160 valence electrons. The number of hydrogen-bond acceptors (Lipinski definition) is 5. The average molecular weight is 418 g/mol. The monoisotopic (exact) mass is 418 g/mol. The van der Waals surface area contributed by atoms with Gasteiger partial charge in [-0.25, -0.2) is 4.98 Å². The Morgan fingerprint density at radius 1 is 1.23 bits per heavy atom. The molecular weight excluding hydrogens is 392 g/mol. The van der Waals surface area contributed by atoms with E-state index < -0.39 is 0 Å². The van der Waals surface area contributed by atoms with E-state index in [2.05, 4.69) is 15.6 Å². The molecule has 1 saturated carbocycles. The molecule has 2 aliphatic rings. The van der Waals surface area contributed by atoms with E-state index in [0.717, 1.165) is 37.8 Å². The van der Waals surface area contributed by atoms with E-state index in [-0.39, 0.29) is 17.5 Å². The third-order valence-electron chi connectivity index (χ3n) is 5.99. The van der Waals surface area contributed by atoms with Gasteiger partial charge in [0.05, 0.1) is 16.6 Å². The molecule has 5 rings (SSSR count). The summed E-state index contributed by atoms with van der Waals surface area (Å²) in [6.07, 6.45) is 5.85. The van der Waals surface area contributed by atoms with Crippen LogP contribution in [-0.4, -0.2) is 40.7 Å². The average Bonchev–Trinajstić information content (AvgIpc) is 3.43. The fourth-order valence-corrected chi connectivity index (χ4v) is 3.96. The van der Waals surface area contributed by atoms with E-state index in [1.807, 2.05) is 25.1 Å². The predicted octanol–water partition coefficient (Wildman–Crippen LogP) is 2.72. The summed E-state index contributed by atoms with van der Waals surface area (Å²) in [5, 5.41) is 6.89. The van der Waals surface area contributed by atoms with Crippen LogP contribution in [0.3, 0.4) is 0 Å². The zero-order valence-corrected chi connectivity index (χ0v) is 17.6. The van der Waals surface area contributed by atoms with Gasteiger partial charge in [0.2, 0.25) is 0 Å². The van der Waals surface area contributed by atoms with Crippen molar-refractivity contribution in [2.24, 2.45) is 0 Å². The number of amides is 1. The minimum Gasteiger partial charge on any atom is -0.492 e. The normalized spacial score (nSPS) is 18.3. The number of nitrogens with zero attached hydrogens (tertiary/aromatic N) is 2. The SMILES string of the molecule is Cc1ccc(C(=O)NC2CC2)cc1-n1cnc2ccc(OC[C@@H]3CCCN3)cc2c1=O. The minimum absolute atomic E-state index is 0.109. The van der Waals surface area contributed by atoms with Crippen molar-refractivity contribution >= 4 is 16.8 Å². The van der Waals surface area contributed by atoms with Gasteiger partial charge < -0.3 is 15.4 Å². The summed E-state index contributed by atoms with van der Waals surface area (Å²) in [5.41, 5.74) is 2.53. The van der Waals surface area contributed by atoms with Crippen molar-refractivity contribution in [3.8, 4) is 11.4 Å². The van der Waals surface area contributed by atoms with Crippen LogP contribution in [0.1, 0.15) is 41.6 Å². The Balaban J connectivity index is 1.47. The van der Waals surface area contributed by atoms with Gasteiger partial charge in [0.15, 0.2) is 0 Å². The number of aromatic nitrogens is 2. The molecule has 1 aliphatic carbocycles. The fourth-order valence-electron chi connectivity index (χ4n) is 3.96. The van der Waals surface area contributed by atoms with Crippen LogP contribution in [0, 0.1) is 6.92 Å². The molecule has 2 N–H and O–H groups in total. The van der Waals surface area contributed by atoms with Crippen LogP contribution in [0.4, 0.5) is 0 Å². The molecule has 1 amide bonds. The Morgan fingerprint density at radius 2 is 2.10 bits per heavy atom. The molecule has 1 aliphatic heterocycles. The first-order chi connectivity index (χ1) is 15.1. The molecule has 0 unspecified atom stereocenters. The van der Waals surface area contributed by atoms with E-state index in [4.69, 9.17) is 4.74 Å². The maximum Gasteiger partial charge on any atom is 0.265 e. The van der Waals surface area contributed by atoms with Crippen LogP contribution < -0.4 is 20.9 Å². The third-order valence-corrected chi connectivity index (χ3v) is 5.99. The number of rotatable bonds is 6. The summed E-state index contributed by atoms with van der Waals surface area (Å²) in [6, 6.07) is 11.5. The standard InChI is InChI=1S/C24H26N4O3/c1-15-4-5-16(23(29)27-17-6-7-17)11-22(15)28-14-26-21-9-8-19(12-20(21)24(28)30)31-13-18-3-2-10-25-18/h4-5,8-9,11-12,14,17-18,25H,2-3,6-7,10,13H2,1H3,(H,27,29)/t18-/m0/s1. The Labute approximate surface area is 180 Å². The molecule has 2 fully saturated rings. The summed E-state index contributed by atoms with van der Waals surface area (Å²) in [7, 11) is 0. The summed E-state index contributed by atoms with van der Waals surface area (Å²) in [6.45, 7) is 3.53. The van der Waals surface area contributed by atoms with Crippen molar-refractivity contribution in [1.29, 1.82) is 0 Å². The summed E-state index contributed by atoms with van der Waals surface area (Å²) in [5.74, 6) is 0.550. The first kappa shape index (κ1) is 19.8. The van der Waals surface area contributed by atoms with Gasteiger partial charge in [0.25, 0.3) is 11.5 Å². The highest BCUT2D eigenvalue weighted by Crippen LogP contribution is 2.22. The lowest BCUT2D eigenvalue weighted by Crippen LogP contribution is -2.28. The molecule has 31 heavy (non-hydrogen) atoms. The molecule has 1 aromatic heterocycles. The molecule has 0 spiro atoms. The van der Waals surface area contributed by atoms with Gasteiger partial charge in [-0.3, -0.25) is 14.2 Å². The molecule has 0 radical (unpaired) electrons. The van der Waals surface area contributed by atoms with Crippen LogP contribution in [0.15, 0.2) is 47.5 Å². The quantitative estimate of drug-likeness (QED) is 0.643. The number of ether oxygens (including phenoxy) is 1. The lowest BCUT2D eigenvalue weighted by atomic mass is 10.1. The van der Waals surface area contributed by atoms with E-state index in [1.54, 1.807) is 18.2 Å². The largest absolute Gasteiger partial charge is 0.492 e. The van der Waals surface area contributed by atoms with Gasteiger partial charge in [-0.05, 0) is 75.0 Å². The van der Waals surface area contributed by atoms with Gasteiger partial charge in [0, 0.05) is 17.6 Å². The predicted molar refractivity (Wildman–Crippen MR) is 119 cm³/mol. The third kappa shape index (κ3) is 4.18. The number of nitrogens with one attached hydrogen (secondary N) is 2. The van der Waals surface area contributed by atoms with Gasteiger partial charge >= 0.3 is 0 Å². The molecule has 7 nitrogen and oxygen atoms in total. The number of carbonyl (C=O) groups excluding carboxylic acids is 1. The van der Waals surface area contributed by atoms with E-state index in [0.29, 0.717) is 40.6 Å². The summed E-state index contributed by atoms with van der Waals surface area (Å²) < 4.78 is 7.43. The Kier molecular flexibility index (Phi) is 5.19. The van der Waals surface area contributed by atoms with Crippen molar-refractivity contribution in [1.82, 2.24) is 20.2 Å². The first-order valence-electron chi connectivity index (χ1n) is 10.9. The van der Waals surface area contributed by atoms with E-state index in [1.165, 1.54) is 10.9 Å². The fraction of sp³-hybridized carbons (Fsp3) is 0.375. The lowest BCUT2D eigenvalue weighted by molar-refractivity contribution is 0.0951. The van der Waals surface area contributed by atoms with E-state index in [9.17, 15) is 9.59 Å². The molecule has 7 heteroatoms. The summed E-state index contributed by atoms with van der Waals surface area (Å²) >= 11 is 0. The van der Waals surface area contributed by atoms with Crippen LogP contribution in [0.2, 0.25) is 0 Å². The van der Waals surface area contributed by atoms with Crippen LogP contribution in [-0.2, 0) is 0 Å². The highest BCUT2D eigenvalue weighted by Gasteiger charge is 2.24. The maximum absolute atomic E-state index is 13.3. The number of fused-ring (bicyclic) bond motifs is 1. The Morgan fingerprint density at radius 3 is 2.87 bits per heavy atom. The number of aryl methyl sites for hydroxylation is 1. The van der Waals surface area contributed by atoms with Crippen molar-refractivity contribution in [3.63, 3.8) is 0 Å². The highest BCUT2D eigenvalue weighted by atomic mass is 16.5. The van der Waals surface area contributed by atoms with E-state index >= 15 is 0 Å². The second kappa shape index (κ2) is 8.15. The van der Waals surface area contributed by atoms with Gasteiger partial charge in [0.1, 0.15) is 18.7 Å². The molecular formula is C24H26N4O3. The maximum atomic E-state index is 13.3. The van der Waals surface area contributed by atoms with Crippen LogP contribution >= 0.6 is 0 Å². The van der Waals surface area contributed by atoms with Crippen molar-refractivity contribution in [2.75, 3.05) is 13.2 Å². The van der Waals surface area contributed by atoms with Gasteiger partial charge in [-0.15, -0.1) is 0 Å². The molecule has 1 saturated heterocycles. The zero-order chi connectivity index (χ0) is 21.4. The molecule has 2 aromatic carbocycles. The zero-order valence-electron chi connectivity index (χ0n) is 17.6. The second-order valence-corrected chi connectivity index (χ2v) is 8.45. The Bertz CT molecular complexity index is 1190. The second-order valence-electron chi connectivity index (χ2n) is 8.45. The number of benzene rings is 2. The Hall–Kier alpha value is -3.19. The topological polar surface area (TPSA) is 85.2 Å². The van der Waals surface area contributed by atoms with Crippen LogP contribution in [0.5, 0.6) is 5.75 Å². The smallest absolute Gasteiger partial charge is 0.265 e. The van der Waals surface area contributed by atoms with Gasteiger partial charge in [-0.2, -0.15) is 0 Å². The van der Waals surface area contributed by atoms with Crippen molar-refractivity contribution in [3.05, 3.63) is 64.2 Å². The van der Waals surface area contributed by atoms with Crippen LogP contribution in [0.25, 0.3) is 16.6 Å². The molecule has 1 atom stereocenters. The summed E-state index contributed by atoms with van der Waals surface area (Å²) in [4.78, 5) is 30.3. The van der Waals surface area contributed by atoms with Crippen molar-refractivity contribution in [2.45, 2.75) is 44.7 Å². The highest BCUT2D eigenvalue weighted by molar-refractivity contribution is 5.95. The first-order valence-corrected chi connectivity index (χ1v) is 10.9. The molecule has 0 bridgehead atoms. The minimum atomic E-state index is -0.183. The van der Waals surface area contributed by atoms with Gasteiger partial charge in [-0.1, -0.05) is 6.07 Å². The number of carbonyl (C=O) groups is 1. The molecule has 3 aromatic rings. The molecule has 2 heterocycles.